The first-order valence-electron chi connectivity index (χ1n) is 9.74. The molecular formula is C21H27N3O. The number of pyridine rings is 1. The zero-order valence-electron chi connectivity index (χ0n) is 15.0. The van der Waals surface area contributed by atoms with Crippen LogP contribution in [0.25, 0.3) is 5.65 Å². The molecule has 0 N–H and O–H groups in total. The summed E-state index contributed by atoms with van der Waals surface area (Å²) in [6.45, 7) is 1.93. The van der Waals surface area contributed by atoms with Gasteiger partial charge in [-0.15, -0.1) is 0 Å². The fraction of sp³-hybridized carbons (Fsp3) is 0.619. The molecule has 0 saturated heterocycles. The van der Waals surface area contributed by atoms with Gasteiger partial charge in [0, 0.05) is 25.4 Å². The molecule has 6 rings (SSSR count). The van der Waals surface area contributed by atoms with Gasteiger partial charge in [-0.3, -0.25) is 14.1 Å². The molecule has 25 heavy (non-hydrogen) atoms. The van der Waals surface area contributed by atoms with Crippen molar-refractivity contribution in [3.05, 3.63) is 46.5 Å². The number of hydrogen-bond donors (Lipinski definition) is 0. The van der Waals surface area contributed by atoms with Crippen molar-refractivity contribution in [1.29, 1.82) is 0 Å². The van der Waals surface area contributed by atoms with Gasteiger partial charge in [0.2, 0.25) is 0 Å². The molecule has 2 aromatic rings. The number of aromatic nitrogens is 2. The lowest BCUT2D eigenvalue weighted by Gasteiger charge is -2.57. The fourth-order valence-corrected chi connectivity index (χ4v) is 6.57. The molecule has 2 heterocycles. The molecule has 0 radical (unpaired) electrons. The Labute approximate surface area is 148 Å². The first-order valence-corrected chi connectivity index (χ1v) is 9.74. The second kappa shape index (κ2) is 5.66. The Kier molecular flexibility index (Phi) is 3.53. The summed E-state index contributed by atoms with van der Waals surface area (Å²) in [5.74, 6) is 2.97. The molecular weight excluding hydrogens is 310 g/mol. The largest absolute Gasteiger partial charge is 0.300 e. The van der Waals surface area contributed by atoms with Crippen molar-refractivity contribution in [3.63, 3.8) is 0 Å². The van der Waals surface area contributed by atoms with E-state index < -0.39 is 0 Å². The summed E-state index contributed by atoms with van der Waals surface area (Å²) in [6.07, 6.45) is 10.5. The summed E-state index contributed by atoms with van der Waals surface area (Å²) in [7, 11) is 2.20. The first kappa shape index (κ1) is 15.6. The standard InChI is InChI=1S/C21H27N3O/c1-23(13-18-9-20(25)24-5-3-2-4-19(24)22-18)14-21-10-15-6-16(11-21)8-17(7-15)12-21/h2-5,9,15-17H,6-8,10-14H2,1H3. The van der Waals surface area contributed by atoms with Crippen molar-refractivity contribution in [2.24, 2.45) is 23.2 Å². The second-order valence-electron chi connectivity index (χ2n) is 9.10. The van der Waals surface area contributed by atoms with Crippen molar-refractivity contribution in [2.45, 2.75) is 45.1 Å². The fourth-order valence-electron chi connectivity index (χ4n) is 6.57. The summed E-state index contributed by atoms with van der Waals surface area (Å²) >= 11 is 0. The van der Waals surface area contributed by atoms with Crippen LogP contribution in [0.15, 0.2) is 35.3 Å². The normalized spacial score (nSPS) is 33.4. The molecule has 0 aromatic carbocycles. The number of hydrogen-bond acceptors (Lipinski definition) is 3. The molecule has 4 saturated carbocycles. The van der Waals surface area contributed by atoms with Gasteiger partial charge >= 0.3 is 0 Å². The van der Waals surface area contributed by atoms with Crippen LogP contribution in [-0.2, 0) is 6.54 Å². The van der Waals surface area contributed by atoms with E-state index in [2.05, 4.69) is 11.9 Å². The molecule has 0 aliphatic heterocycles. The molecule has 4 nitrogen and oxygen atoms in total. The minimum absolute atomic E-state index is 0.0174. The highest BCUT2D eigenvalue weighted by molar-refractivity contribution is 5.37. The zero-order chi connectivity index (χ0) is 17.0. The van der Waals surface area contributed by atoms with Gasteiger partial charge in [-0.2, -0.15) is 0 Å². The van der Waals surface area contributed by atoms with E-state index in [0.29, 0.717) is 5.41 Å². The summed E-state index contributed by atoms with van der Waals surface area (Å²) < 4.78 is 1.61. The highest BCUT2D eigenvalue weighted by Crippen LogP contribution is 2.60. The predicted octanol–water partition coefficient (Wildman–Crippen LogP) is 3.34. The van der Waals surface area contributed by atoms with E-state index in [-0.39, 0.29) is 5.56 Å². The molecule has 4 fully saturated rings. The molecule has 0 unspecified atom stereocenters. The van der Waals surface area contributed by atoms with Gasteiger partial charge < -0.3 is 0 Å². The van der Waals surface area contributed by atoms with Crippen molar-refractivity contribution in [1.82, 2.24) is 14.3 Å². The number of rotatable bonds is 4. The van der Waals surface area contributed by atoms with E-state index in [9.17, 15) is 4.79 Å². The Bertz CT molecular complexity index is 820. The highest BCUT2D eigenvalue weighted by atomic mass is 16.1. The smallest absolute Gasteiger partial charge is 0.258 e. The molecule has 0 amide bonds. The highest BCUT2D eigenvalue weighted by Gasteiger charge is 2.50. The summed E-state index contributed by atoms with van der Waals surface area (Å²) in [6, 6.07) is 7.41. The molecule has 4 bridgehead atoms. The Balaban J connectivity index is 1.34. The van der Waals surface area contributed by atoms with E-state index in [1.54, 1.807) is 16.7 Å². The molecule has 2 aromatic heterocycles. The molecule has 0 atom stereocenters. The van der Waals surface area contributed by atoms with Crippen LogP contribution < -0.4 is 5.56 Å². The van der Waals surface area contributed by atoms with E-state index in [0.717, 1.165) is 42.2 Å². The maximum absolute atomic E-state index is 12.3. The predicted molar refractivity (Wildman–Crippen MR) is 98.4 cm³/mol. The van der Waals surface area contributed by atoms with E-state index in [1.807, 2.05) is 18.2 Å². The first-order chi connectivity index (χ1) is 12.1. The van der Waals surface area contributed by atoms with Crippen LogP contribution in [0, 0.1) is 23.2 Å². The van der Waals surface area contributed by atoms with E-state index in [1.165, 1.54) is 38.5 Å². The third-order valence-corrected chi connectivity index (χ3v) is 6.83. The summed E-state index contributed by atoms with van der Waals surface area (Å²) in [4.78, 5) is 19.4. The van der Waals surface area contributed by atoms with Gasteiger partial charge in [0.05, 0.1) is 5.69 Å². The van der Waals surface area contributed by atoms with Gasteiger partial charge in [0.25, 0.3) is 5.56 Å². The van der Waals surface area contributed by atoms with Crippen LogP contribution in [0.1, 0.15) is 44.2 Å². The molecule has 4 heteroatoms. The lowest BCUT2D eigenvalue weighted by molar-refractivity contribution is -0.0671. The second-order valence-corrected chi connectivity index (χ2v) is 9.10. The Morgan fingerprint density at radius 3 is 2.52 bits per heavy atom. The lowest BCUT2D eigenvalue weighted by Crippen LogP contribution is -2.50. The number of nitrogens with zero attached hydrogens (tertiary/aromatic N) is 3. The molecule has 132 valence electrons. The van der Waals surface area contributed by atoms with E-state index in [4.69, 9.17) is 4.98 Å². The minimum Gasteiger partial charge on any atom is -0.300 e. The van der Waals surface area contributed by atoms with Gasteiger partial charge in [-0.05, 0) is 80.9 Å². The Morgan fingerprint density at radius 2 is 1.84 bits per heavy atom. The quantitative estimate of drug-likeness (QED) is 0.859. The maximum atomic E-state index is 12.3. The Hall–Kier alpha value is -1.68. The van der Waals surface area contributed by atoms with Crippen LogP contribution in [0.2, 0.25) is 0 Å². The van der Waals surface area contributed by atoms with Gasteiger partial charge in [-0.25, -0.2) is 4.98 Å². The van der Waals surface area contributed by atoms with Crippen LogP contribution in [0.5, 0.6) is 0 Å². The molecule has 4 aliphatic rings. The average molecular weight is 337 g/mol. The van der Waals surface area contributed by atoms with Crippen LogP contribution >= 0.6 is 0 Å². The SMILES string of the molecule is CN(Cc1cc(=O)n2ccccc2n1)CC12CC3CC(CC(C3)C1)C2. The minimum atomic E-state index is 0.0174. The molecule has 0 spiro atoms. The summed E-state index contributed by atoms with van der Waals surface area (Å²) in [5.41, 5.74) is 2.19. The van der Waals surface area contributed by atoms with Crippen molar-refractivity contribution in [3.8, 4) is 0 Å². The van der Waals surface area contributed by atoms with Crippen molar-refractivity contribution < 1.29 is 0 Å². The average Bonchev–Trinajstić information content (AvgIpc) is 2.52. The third-order valence-electron chi connectivity index (χ3n) is 6.83. The molecule has 4 aliphatic carbocycles. The lowest BCUT2D eigenvalue weighted by atomic mass is 9.49. The zero-order valence-corrected chi connectivity index (χ0v) is 15.0. The topological polar surface area (TPSA) is 37.6 Å². The Morgan fingerprint density at radius 1 is 1.16 bits per heavy atom. The van der Waals surface area contributed by atoms with Crippen LogP contribution in [0.3, 0.4) is 0 Å². The maximum Gasteiger partial charge on any atom is 0.258 e. The van der Waals surface area contributed by atoms with Gasteiger partial charge in [0.15, 0.2) is 0 Å². The van der Waals surface area contributed by atoms with Crippen molar-refractivity contribution in [2.75, 3.05) is 13.6 Å². The van der Waals surface area contributed by atoms with Crippen LogP contribution in [0.4, 0.5) is 0 Å². The van der Waals surface area contributed by atoms with E-state index >= 15 is 0 Å². The monoisotopic (exact) mass is 337 g/mol. The van der Waals surface area contributed by atoms with Gasteiger partial charge in [-0.1, -0.05) is 6.07 Å². The number of fused-ring (bicyclic) bond motifs is 1. The third kappa shape index (κ3) is 2.80. The van der Waals surface area contributed by atoms with Crippen LogP contribution in [-0.4, -0.2) is 27.9 Å². The summed E-state index contributed by atoms with van der Waals surface area (Å²) in [5, 5.41) is 0. The van der Waals surface area contributed by atoms with Crippen molar-refractivity contribution >= 4 is 5.65 Å². The van der Waals surface area contributed by atoms with Gasteiger partial charge in [0.1, 0.15) is 5.65 Å².